The summed E-state index contributed by atoms with van der Waals surface area (Å²) in [5.74, 6) is 0.411. The lowest BCUT2D eigenvalue weighted by molar-refractivity contribution is 0.0689. The van der Waals surface area contributed by atoms with Gasteiger partial charge < -0.3 is 10.2 Å². The normalized spacial score (nSPS) is 10.8. The molecule has 150 valence electrons. The molecule has 0 fully saturated rings. The zero-order chi connectivity index (χ0) is 21.0. The molecule has 5 nitrogen and oxygen atoms in total. The van der Waals surface area contributed by atoms with Crippen LogP contribution >= 0.6 is 0 Å². The molecule has 2 aromatic carbocycles. The van der Waals surface area contributed by atoms with Crippen molar-refractivity contribution in [1.29, 1.82) is 0 Å². The lowest BCUT2D eigenvalue weighted by Gasteiger charge is -2.27. The number of benzene rings is 2. The maximum atomic E-state index is 13.0. The van der Waals surface area contributed by atoms with Gasteiger partial charge in [0.05, 0.1) is 5.56 Å². The fraction of sp³-hybridized carbons (Fsp3) is 0.292. The van der Waals surface area contributed by atoms with Gasteiger partial charge in [0.25, 0.3) is 5.91 Å². The van der Waals surface area contributed by atoms with Gasteiger partial charge in [-0.25, -0.2) is 9.97 Å². The van der Waals surface area contributed by atoms with Gasteiger partial charge in [-0.15, -0.1) is 0 Å². The first kappa shape index (κ1) is 20.5. The van der Waals surface area contributed by atoms with Gasteiger partial charge >= 0.3 is 0 Å². The largest absolute Gasteiger partial charge is 0.332 e. The van der Waals surface area contributed by atoms with Crippen LogP contribution in [0.15, 0.2) is 54.9 Å². The van der Waals surface area contributed by atoms with Crippen molar-refractivity contribution in [3.8, 4) is 0 Å². The first-order valence-electron chi connectivity index (χ1n) is 9.87. The van der Waals surface area contributed by atoms with Gasteiger partial charge in [0.1, 0.15) is 0 Å². The predicted molar refractivity (Wildman–Crippen MR) is 117 cm³/mol. The van der Waals surface area contributed by atoms with Gasteiger partial charge in [-0.2, -0.15) is 0 Å². The molecule has 5 heteroatoms. The summed E-state index contributed by atoms with van der Waals surface area (Å²) in [4.78, 5) is 23.6. The molecule has 0 aliphatic rings. The molecule has 1 N–H and O–H groups in total. The molecule has 1 heterocycles. The molecule has 1 aromatic heterocycles. The molecule has 0 aliphatic heterocycles. The molecule has 3 aromatic rings. The summed E-state index contributed by atoms with van der Waals surface area (Å²) in [6, 6.07) is 14.3. The maximum absolute atomic E-state index is 13.0. The first-order chi connectivity index (χ1) is 13.8. The Hall–Kier alpha value is -3.21. The van der Waals surface area contributed by atoms with Crippen LogP contribution in [0.2, 0.25) is 0 Å². The lowest BCUT2D eigenvalue weighted by Crippen LogP contribution is -2.36. The van der Waals surface area contributed by atoms with Crippen LogP contribution in [0.25, 0.3) is 0 Å². The number of amides is 1. The van der Waals surface area contributed by atoms with Gasteiger partial charge in [-0.05, 0) is 51.3 Å². The Labute approximate surface area is 172 Å². The van der Waals surface area contributed by atoms with Crippen molar-refractivity contribution >= 4 is 17.5 Å². The van der Waals surface area contributed by atoms with E-state index in [0.29, 0.717) is 18.1 Å². The van der Waals surface area contributed by atoms with Gasteiger partial charge in [-0.1, -0.05) is 48.0 Å². The van der Waals surface area contributed by atoms with E-state index in [4.69, 9.17) is 0 Å². The molecule has 0 radical (unpaired) electrons. The third-order valence-corrected chi connectivity index (χ3v) is 4.89. The van der Waals surface area contributed by atoms with Crippen molar-refractivity contribution in [3.63, 3.8) is 0 Å². The monoisotopic (exact) mass is 388 g/mol. The summed E-state index contributed by atoms with van der Waals surface area (Å²) in [6.07, 6.45) is 3.19. The Morgan fingerprint density at radius 2 is 1.59 bits per heavy atom. The minimum absolute atomic E-state index is 0.0679. The smallest absolute Gasteiger partial charge is 0.257 e. The molecule has 0 saturated heterocycles. The van der Waals surface area contributed by atoms with E-state index < -0.39 is 0 Å². The second kappa shape index (κ2) is 8.86. The summed E-state index contributed by atoms with van der Waals surface area (Å²) < 4.78 is 0. The van der Waals surface area contributed by atoms with Crippen molar-refractivity contribution in [2.24, 2.45) is 0 Å². The van der Waals surface area contributed by atoms with Crippen molar-refractivity contribution in [1.82, 2.24) is 14.9 Å². The fourth-order valence-corrected chi connectivity index (χ4v) is 3.43. The second-order valence-electron chi connectivity index (χ2n) is 7.71. The predicted octanol–water partition coefficient (Wildman–Crippen LogP) is 5.20. The number of carbonyl (C=O) groups excluding carboxylic acids is 1. The SMILES string of the molecule is Cc1cc(C)c(Nc2ncc(C(=O)N(Cc3ccccc3)C(C)C)cn2)c(C)c1. The van der Waals surface area contributed by atoms with E-state index in [0.717, 1.165) is 22.4 Å². The molecule has 0 saturated carbocycles. The van der Waals surface area contributed by atoms with E-state index in [1.54, 1.807) is 12.4 Å². The Bertz CT molecular complexity index is 959. The number of nitrogens with zero attached hydrogens (tertiary/aromatic N) is 3. The van der Waals surface area contributed by atoms with Gasteiger partial charge in [-0.3, -0.25) is 4.79 Å². The lowest BCUT2D eigenvalue weighted by atomic mass is 10.1. The standard InChI is InChI=1S/C24H28N4O/c1-16(2)28(15-20-9-7-6-8-10-20)23(29)21-13-25-24(26-14-21)27-22-18(4)11-17(3)12-19(22)5/h6-14,16H,15H2,1-5H3,(H,25,26,27). The molecule has 3 rings (SSSR count). The van der Waals surface area contributed by atoms with E-state index in [9.17, 15) is 4.79 Å². The quantitative estimate of drug-likeness (QED) is 0.631. The highest BCUT2D eigenvalue weighted by Gasteiger charge is 2.20. The topological polar surface area (TPSA) is 58.1 Å². The molecule has 0 bridgehead atoms. The third-order valence-electron chi connectivity index (χ3n) is 4.89. The number of aryl methyl sites for hydroxylation is 3. The molecule has 0 unspecified atom stereocenters. The number of anilines is 2. The molecular weight excluding hydrogens is 360 g/mol. The Kier molecular flexibility index (Phi) is 6.27. The van der Waals surface area contributed by atoms with Crippen molar-refractivity contribution in [2.45, 2.75) is 47.2 Å². The van der Waals surface area contributed by atoms with Gasteiger partial charge in [0.15, 0.2) is 0 Å². The first-order valence-corrected chi connectivity index (χ1v) is 9.87. The highest BCUT2D eigenvalue weighted by atomic mass is 16.2. The summed E-state index contributed by atoms with van der Waals surface area (Å²) in [5, 5.41) is 3.28. The fourth-order valence-electron chi connectivity index (χ4n) is 3.43. The molecule has 0 spiro atoms. The number of hydrogen-bond donors (Lipinski definition) is 1. The number of aromatic nitrogens is 2. The van der Waals surface area contributed by atoms with Crippen molar-refractivity contribution < 1.29 is 4.79 Å². The van der Waals surface area contributed by atoms with E-state index in [-0.39, 0.29) is 11.9 Å². The third kappa shape index (κ3) is 4.99. The van der Waals surface area contributed by atoms with E-state index >= 15 is 0 Å². The number of hydrogen-bond acceptors (Lipinski definition) is 4. The minimum Gasteiger partial charge on any atom is -0.332 e. The average Bonchev–Trinajstić information content (AvgIpc) is 2.69. The van der Waals surface area contributed by atoms with Crippen LogP contribution < -0.4 is 5.32 Å². The minimum atomic E-state index is -0.0712. The van der Waals surface area contributed by atoms with Crippen LogP contribution in [0.4, 0.5) is 11.6 Å². The zero-order valence-corrected chi connectivity index (χ0v) is 17.7. The molecular formula is C24H28N4O. The molecule has 0 atom stereocenters. The average molecular weight is 389 g/mol. The summed E-state index contributed by atoms with van der Waals surface area (Å²) >= 11 is 0. The highest BCUT2D eigenvalue weighted by Crippen LogP contribution is 2.24. The summed E-state index contributed by atoms with van der Waals surface area (Å²) in [5.41, 5.74) is 6.08. The van der Waals surface area contributed by atoms with Gasteiger partial charge in [0, 0.05) is 30.7 Å². The molecule has 29 heavy (non-hydrogen) atoms. The van der Waals surface area contributed by atoms with E-state index in [2.05, 4.69) is 48.2 Å². The van der Waals surface area contributed by atoms with Crippen LogP contribution in [0.5, 0.6) is 0 Å². The molecule has 1 amide bonds. The van der Waals surface area contributed by atoms with Gasteiger partial charge in [0.2, 0.25) is 5.95 Å². The Morgan fingerprint density at radius 3 is 2.14 bits per heavy atom. The number of nitrogens with one attached hydrogen (secondary N) is 1. The zero-order valence-electron chi connectivity index (χ0n) is 17.7. The highest BCUT2D eigenvalue weighted by molar-refractivity contribution is 5.94. The second-order valence-corrected chi connectivity index (χ2v) is 7.71. The van der Waals surface area contributed by atoms with Crippen LogP contribution in [0.1, 0.15) is 46.5 Å². The Morgan fingerprint density at radius 1 is 1.00 bits per heavy atom. The van der Waals surface area contributed by atoms with E-state index in [1.807, 2.05) is 49.1 Å². The summed E-state index contributed by atoms with van der Waals surface area (Å²) in [7, 11) is 0. The maximum Gasteiger partial charge on any atom is 0.257 e. The van der Waals surface area contributed by atoms with Crippen LogP contribution in [-0.4, -0.2) is 26.8 Å². The van der Waals surface area contributed by atoms with Crippen molar-refractivity contribution in [2.75, 3.05) is 5.32 Å². The summed E-state index contributed by atoms with van der Waals surface area (Å²) in [6.45, 7) is 10.8. The van der Waals surface area contributed by atoms with Crippen LogP contribution in [0.3, 0.4) is 0 Å². The number of rotatable bonds is 6. The van der Waals surface area contributed by atoms with Crippen LogP contribution in [0, 0.1) is 20.8 Å². The van der Waals surface area contributed by atoms with Crippen molar-refractivity contribution in [3.05, 3.63) is 82.7 Å². The number of carbonyl (C=O) groups is 1. The Balaban J connectivity index is 1.77. The van der Waals surface area contributed by atoms with E-state index in [1.165, 1.54) is 5.56 Å². The van der Waals surface area contributed by atoms with Crippen LogP contribution in [-0.2, 0) is 6.54 Å². The molecule has 0 aliphatic carbocycles.